The molecule has 1 aromatic rings. The number of thiocarbonyl (C=S) groups is 1. The predicted octanol–water partition coefficient (Wildman–Crippen LogP) is 0.200. The number of hydrogen-bond acceptors (Lipinski definition) is 5. The van der Waals surface area contributed by atoms with Crippen molar-refractivity contribution in [3.63, 3.8) is 0 Å². The van der Waals surface area contributed by atoms with Gasteiger partial charge < -0.3 is 20.7 Å². The maximum Gasteiger partial charge on any atom is 0.245 e. The van der Waals surface area contributed by atoms with Crippen LogP contribution in [0.2, 0.25) is 0 Å². The first-order valence-corrected chi connectivity index (χ1v) is 7.46. The number of hydrogen-bond donors (Lipinski definition) is 2. The van der Waals surface area contributed by atoms with E-state index in [9.17, 15) is 4.79 Å². The predicted molar refractivity (Wildman–Crippen MR) is 83.2 cm³/mol. The highest BCUT2D eigenvalue weighted by Crippen LogP contribution is 2.23. The van der Waals surface area contributed by atoms with Crippen LogP contribution in [0.1, 0.15) is 18.5 Å². The minimum atomic E-state index is -0.319. The fourth-order valence-electron chi connectivity index (χ4n) is 2.39. The number of carbonyl (C=O) groups is 1. The summed E-state index contributed by atoms with van der Waals surface area (Å²) < 4.78 is 5.47. The summed E-state index contributed by atoms with van der Waals surface area (Å²) in [6.07, 6.45) is 3.80. The number of anilines is 1. The quantitative estimate of drug-likeness (QED) is 0.774. The number of pyridine rings is 1. The number of amides is 1. The standard InChI is InChI=1S/C14H18N4O2S/c15-13(21)11-7-10(3-4-16-11)18-5-6-20-8-12(18)14(19)17-9-1-2-9/h3-4,7,9,12H,1-2,5-6,8H2,(H2,15,21)(H,17,19). The Morgan fingerprint density at radius 1 is 1.52 bits per heavy atom. The lowest BCUT2D eigenvalue weighted by Gasteiger charge is -2.36. The van der Waals surface area contributed by atoms with Gasteiger partial charge in [0, 0.05) is 24.5 Å². The molecular weight excluding hydrogens is 288 g/mol. The van der Waals surface area contributed by atoms with E-state index in [0.29, 0.717) is 31.5 Å². The summed E-state index contributed by atoms with van der Waals surface area (Å²) >= 11 is 4.96. The molecule has 0 spiro atoms. The van der Waals surface area contributed by atoms with E-state index in [2.05, 4.69) is 10.3 Å². The van der Waals surface area contributed by atoms with Crippen LogP contribution in [0.4, 0.5) is 5.69 Å². The van der Waals surface area contributed by atoms with Gasteiger partial charge in [-0.1, -0.05) is 12.2 Å². The minimum absolute atomic E-state index is 0.0193. The first-order valence-electron chi connectivity index (χ1n) is 7.06. The van der Waals surface area contributed by atoms with Gasteiger partial charge in [-0.05, 0) is 25.0 Å². The average Bonchev–Trinajstić information content (AvgIpc) is 3.31. The van der Waals surface area contributed by atoms with Crippen molar-refractivity contribution >= 4 is 28.8 Å². The maximum atomic E-state index is 12.4. The molecule has 2 fully saturated rings. The molecule has 2 heterocycles. The molecule has 1 aliphatic heterocycles. The van der Waals surface area contributed by atoms with E-state index < -0.39 is 0 Å². The largest absolute Gasteiger partial charge is 0.388 e. The lowest BCUT2D eigenvalue weighted by Crippen LogP contribution is -2.54. The lowest BCUT2D eigenvalue weighted by molar-refractivity contribution is -0.124. The number of ether oxygens (including phenoxy) is 1. The van der Waals surface area contributed by atoms with Crippen LogP contribution in [0.15, 0.2) is 18.3 Å². The second-order valence-electron chi connectivity index (χ2n) is 5.33. The van der Waals surface area contributed by atoms with Crippen molar-refractivity contribution < 1.29 is 9.53 Å². The molecule has 3 N–H and O–H groups in total. The van der Waals surface area contributed by atoms with Gasteiger partial charge in [0.15, 0.2) is 0 Å². The summed E-state index contributed by atoms with van der Waals surface area (Å²) in [7, 11) is 0. The molecule has 112 valence electrons. The first-order chi connectivity index (χ1) is 10.1. The van der Waals surface area contributed by atoms with Crippen LogP contribution >= 0.6 is 12.2 Å². The molecule has 0 radical (unpaired) electrons. The second-order valence-corrected chi connectivity index (χ2v) is 5.77. The van der Waals surface area contributed by atoms with Gasteiger partial charge in [-0.3, -0.25) is 9.78 Å². The molecule has 1 atom stereocenters. The zero-order valence-corrected chi connectivity index (χ0v) is 12.4. The van der Waals surface area contributed by atoms with Crippen LogP contribution in [0.5, 0.6) is 0 Å². The first kappa shape index (κ1) is 14.2. The summed E-state index contributed by atoms with van der Waals surface area (Å²) in [6, 6.07) is 3.71. The number of rotatable bonds is 4. The Balaban J connectivity index is 1.81. The zero-order valence-electron chi connectivity index (χ0n) is 11.6. The van der Waals surface area contributed by atoms with E-state index in [-0.39, 0.29) is 16.9 Å². The van der Waals surface area contributed by atoms with Crippen molar-refractivity contribution in [3.8, 4) is 0 Å². The van der Waals surface area contributed by atoms with Crippen molar-refractivity contribution in [1.82, 2.24) is 10.3 Å². The monoisotopic (exact) mass is 306 g/mol. The van der Waals surface area contributed by atoms with Crippen LogP contribution in [0, 0.1) is 0 Å². The highest BCUT2D eigenvalue weighted by Gasteiger charge is 2.33. The Kier molecular flexibility index (Phi) is 4.03. The number of nitrogens with two attached hydrogens (primary N) is 1. The van der Waals surface area contributed by atoms with Crippen molar-refractivity contribution in [2.45, 2.75) is 24.9 Å². The van der Waals surface area contributed by atoms with Crippen LogP contribution in [0.25, 0.3) is 0 Å². The molecule has 0 aromatic carbocycles. The molecule has 1 amide bonds. The molecular formula is C14H18N4O2S. The summed E-state index contributed by atoms with van der Waals surface area (Å²) in [5, 5.41) is 3.03. The van der Waals surface area contributed by atoms with E-state index in [0.717, 1.165) is 18.5 Å². The smallest absolute Gasteiger partial charge is 0.245 e. The maximum absolute atomic E-state index is 12.4. The van der Waals surface area contributed by atoms with E-state index in [4.69, 9.17) is 22.7 Å². The molecule has 0 bridgehead atoms. The summed E-state index contributed by atoms with van der Waals surface area (Å²) in [5.74, 6) is 0.0193. The van der Waals surface area contributed by atoms with E-state index in [1.165, 1.54) is 0 Å². The Morgan fingerprint density at radius 2 is 2.33 bits per heavy atom. The van der Waals surface area contributed by atoms with Crippen LogP contribution in [-0.4, -0.2) is 47.7 Å². The molecule has 1 aromatic heterocycles. The Morgan fingerprint density at radius 3 is 3.05 bits per heavy atom. The molecule has 1 saturated heterocycles. The fourth-order valence-corrected chi connectivity index (χ4v) is 2.50. The van der Waals surface area contributed by atoms with Gasteiger partial charge in [-0.25, -0.2) is 0 Å². The third-order valence-electron chi connectivity index (χ3n) is 3.68. The van der Waals surface area contributed by atoms with Crippen molar-refractivity contribution in [2.75, 3.05) is 24.7 Å². The Bertz CT molecular complexity index is 562. The third kappa shape index (κ3) is 3.30. The molecule has 1 unspecified atom stereocenters. The number of carbonyl (C=O) groups excluding carboxylic acids is 1. The molecule has 1 aliphatic carbocycles. The topological polar surface area (TPSA) is 80.5 Å². The van der Waals surface area contributed by atoms with Crippen molar-refractivity contribution in [3.05, 3.63) is 24.0 Å². The van der Waals surface area contributed by atoms with Gasteiger partial charge in [-0.2, -0.15) is 0 Å². The zero-order chi connectivity index (χ0) is 14.8. The average molecular weight is 306 g/mol. The van der Waals surface area contributed by atoms with Gasteiger partial charge in [0.25, 0.3) is 0 Å². The minimum Gasteiger partial charge on any atom is -0.388 e. The molecule has 1 saturated carbocycles. The van der Waals surface area contributed by atoms with Gasteiger partial charge in [-0.15, -0.1) is 0 Å². The molecule has 7 heteroatoms. The third-order valence-corrected chi connectivity index (χ3v) is 3.89. The number of nitrogens with one attached hydrogen (secondary N) is 1. The molecule has 2 aliphatic rings. The highest BCUT2D eigenvalue weighted by molar-refractivity contribution is 7.80. The summed E-state index contributed by atoms with van der Waals surface area (Å²) in [4.78, 5) is 18.8. The Hall–Kier alpha value is -1.73. The summed E-state index contributed by atoms with van der Waals surface area (Å²) in [6.45, 7) is 1.64. The SMILES string of the molecule is NC(=S)c1cc(N2CCOCC2C(=O)NC2CC2)ccn1. The van der Waals surface area contributed by atoms with Gasteiger partial charge in [0.05, 0.1) is 18.9 Å². The second kappa shape index (κ2) is 5.95. The molecule has 3 rings (SSSR count). The van der Waals surface area contributed by atoms with Gasteiger partial charge >= 0.3 is 0 Å². The Labute approximate surface area is 128 Å². The van der Waals surface area contributed by atoms with Crippen molar-refractivity contribution in [2.24, 2.45) is 5.73 Å². The lowest BCUT2D eigenvalue weighted by atomic mass is 10.1. The number of morpholine rings is 1. The number of aromatic nitrogens is 1. The van der Waals surface area contributed by atoms with Gasteiger partial charge in [0.1, 0.15) is 11.0 Å². The molecule has 6 nitrogen and oxygen atoms in total. The van der Waals surface area contributed by atoms with Crippen LogP contribution in [0.3, 0.4) is 0 Å². The number of nitrogens with zero attached hydrogens (tertiary/aromatic N) is 2. The van der Waals surface area contributed by atoms with E-state index in [1.54, 1.807) is 6.20 Å². The summed E-state index contributed by atoms with van der Waals surface area (Å²) in [5.41, 5.74) is 7.09. The van der Waals surface area contributed by atoms with E-state index in [1.807, 2.05) is 17.0 Å². The fraction of sp³-hybridized carbons (Fsp3) is 0.500. The van der Waals surface area contributed by atoms with Crippen LogP contribution < -0.4 is 16.0 Å². The highest BCUT2D eigenvalue weighted by atomic mass is 32.1. The van der Waals surface area contributed by atoms with E-state index >= 15 is 0 Å². The normalized spacial score (nSPS) is 21.9. The van der Waals surface area contributed by atoms with Crippen LogP contribution in [-0.2, 0) is 9.53 Å². The molecule has 21 heavy (non-hydrogen) atoms. The van der Waals surface area contributed by atoms with Gasteiger partial charge in [0.2, 0.25) is 5.91 Å². The van der Waals surface area contributed by atoms with Crippen molar-refractivity contribution in [1.29, 1.82) is 0 Å².